The Morgan fingerprint density at radius 2 is 2.03 bits per heavy atom. The molecule has 2 heterocycles. The van der Waals surface area contributed by atoms with E-state index >= 15 is 0 Å². The number of benzene rings is 2. The number of hydrogen-bond acceptors (Lipinski definition) is 6. The zero-order valence-electron chi connectivity index (χ0n) is 18.4. The molecule has 10 heteroatoms. The van der Waals surface area contributed by atoms with Gasteiger partial charge in [0.15, 0.2) is 5.69 Å². The Kier molecular flexibility index (Phi) is 6.87. The van der Waals surface area contributed by atoms with Crippen LogP contribution in [0.1, 0.15) is 39.5 Å². The molecule has 1 unspecified atom stereocenters. The van der Waals surface area contributed by atoms with Crippen LogP contribution in [0.4, 0.5) is 4.39 Å². The molecule has 1 amide bonds. The van der Waals surface area contributed by atoms with E-state index in [2.05, 4.69) is 15.4 Å². The number of rotatable bonds is 7. The van der Waals surface area contributed by atoms with Crippen molar-refractivity contribution in [2.24, 2.45) is 5.73 Å². The van der Waals surface area contributed by atoms with Crippen LogP contribution in [0.3, 0.4) is 0 Å². The highest BCUT2D eigenvalue weighted by Gasteiger charge is 2.24. The number of carbonyl (C=O) groups excluding carboxylic acids is 1. The lowest BCUT2D eigenvalue weighted by molar-refractivity contribution is 0.0992. The second-order valence-electron chi connectivity index (χ2n) is 7.63. The zero-order chi connectivity index (χ0) is 24.4. The number of hydrogen-bond donors (Lipinski definition) is 2. The van der Waals surface area contributed by atoms with Crippen molar-refractivity contribution in [3.63, 3.8) is 0 Å². The van der Waals surface area contributed by atoms with Crippen LogP contribution >= 0.6 is 22.9 Å². The van der Waals surface area contributed by atoms with Crippen LogP contribution in [0.2, 0.25) is 5.02 Å². The first kappa shape index (κ1) is 23.7. The molecule has 2 aromatic carbocycles. The molecule has 0 aliphatic heterocycles. The van der Waals surface area contributed by atoms with E-state index in [1.807, 2.05) is 32.2 Å². The van der Waals surface area contributed by atoms with Gasteiger partial charge in [-0.1, -0.05) is 36.7 Å². The quantitative estimate of drug-likeness (QED) is 0.400. The van der Waals surface area contributed by atoms with E-state index in [4.69, 9.17) is 17.3 Å². The van der Waals surface area contributed by atoms with Crippen LogP contribution in [0, 0.1) is 5.82 Å². The summed E-state index contributed by atoms with van der Waals surface area (Å²) in [5, 5.41) is 8.51. The van der Waals surface area contributed by atoms with Gasteiger partial charge < -0.3 is 11.1 Å². The largest absolute Gasteiger partial charge is 0.364 e. The second-order valence-corrected chi connectivity index (χ2v) is 9.13. The van der Waals surface area contributed by atoms with E-state index in [0.717, 1.165) is 20.7 Å². The number of carbonyl (C=O) groups is 1. The van der Waals surface area contributed by atoms with E-state index in [-0.39, 0.29) is 11.4 Å². The molecule has 0 fully saturated rings. The first-order valence-electron chi connectivity index (χ1n) is 10.4. The highest BCUT2D eigenvalue weighted by molar-refractivity contribution is 7.15. The molecule has 0 saturated carbocycles. The molecule has 0 aliphatic carbocycles. The first-order valence-corrected chi connectivity index (χ1v) is 11.6. The van der Waals surface area contributed by atoms with Gasteiger partial charge in [0, 0.05) is 35.3 Å². The lowest BCUT2D eigenvalue weighted by Gasteiger charge is -2.14. The summed E-state index contributed by atoms with van der Waals surface area (Å²) in [4.78, 5) is 30.5. The average molecular weight is 498 g/mol. The fraction of sp³-hybridized carbons (Fsp3) is 0.167. The van der Waals surface area contributed by atoms with Crippen molar-refractivity contribution >= 4 is 28.8 Å². The number of amides is 1. The maximum Gasteiger partial charge on any atom is 0.271 e. The number of nitrogens with one attached hydrogen (secondary N) is 1. The molecular formula is C24H21ClFN5O2S. The van der Waals surface area contributed by atoms with Gasteiger partial charge >= 0.3 is 0 Å². The molecule has 0 spiro atoms. The van der Waals surface area contributed by atoms with Crippen LogP contribution in [0.25, 0.3) is 16.1 Å². The maximum atomic E-state index is 14.3. The Morgan fingerprint density at radius 3 is 2.74 bits per heavy atom. The van der Waals surface area contributed by atoms with Gasteiger partial charge in [0.05, 0.1) is 4.88 Å². The number of thiazole rings is 1. The molecule has 4 rings (SSSR count). The van der Waals surface area contributed by atoms with Crippen LogP contribution in [-0.2, 0) is 6.54 Å². The third-order valence-electron chi connectivity index (χ3n) is 5.34. The summed E-state index contributed by atoms with van der Waals surface area (Å²) in [5.74, 6) is -1.92. The first-order chi connectivity index (χ1) is 16.3. The normalized spacial score (nSPS) is 12.0. The summed E-state index contributed by atoms with van der Waals surface area (Å²) in [6, 6.07) is 12.6. The molecule has 0 saturated heterocycles. The average Bonchev–Trinajstić information content (AvgIpc) is 3.30. The molecular weight excluding hydrogens is 477 g/mol. The molecule has 0 bridgehead atoms. The predicted octanol–water partition coefficient (Wildman–Crippen LogP) is 4.12. The van der Waals surface area contributed by atoms with Crippen molar-refractivity contribution in [3.8, 4) is 16.1 Å². The van der Waals surface area contributed by atoms with Crippen LogP contribution in [-0.4, -0.2) is 27.7 Å². The molecule has 4 aromatic rings. The monoisotopic (exact) mass is 497 g/mol. The number of para-hydroxylation sites is 1. The third-order valence-corrected chi connectivity index (χ3v) is 6.79. The summed E-state index contributed by atoms with van der Waals surface area (Å²) in [7, 11) is 1.86. The predicted molar refractivity (Wildman–Crippen MR) is 131 cm³/mol. The molecule has 0 radical (unpaired) electrons. The minimum atomic E-state index is -0.824. The van der Waals surface area contributed by atoms with Crippen molar-refractivity contribution in [2.45, 2.75) is 19.4 Å². The van der Waals surface area contributed by atoms with E-state index in [9.17, 15) is 14.0 Å². The summed E-state index contributed by atoms with van der Waals surface area (Å²) < 4.78 is 15.1. The highest BCUT2D eigenvalue weighted by Crippen LogP contribution is 2.36. The van der Waals surface area contributed by atoms with Crippen molar-refractivity contribution in [1.29, 1.82) is 0 Å². The summed E-state index contributed by atoms with van der Waals surface area (Å²) in [6.45, 7) is 2.46. The van der Waals surface area contributed by atoms with Gasteiger partial charge in [-0.15, -0.1) is 11.3 Å². The van der Waals surface area contributed by atoms with E-state index < -0.39 is 23.2 Å². The third kappa shape index (κ3) is 4.63. The fourth-order valence-corrected chi connectivity index (χ4v) is 4.87. The van der Waals surface area contributed by atoms with Gasteiger partial charge in [-0.05, 0) is 42.4 Å². The molecule has 3 N–H and O–H groups in total. The summed E-state index contributed by atoms with van der Waals surface area (Å²) >= 11 is 7.64. The Hall–Kier alpha value is -3.40. The molecule has 7 nitrogen and oxygen atoms in total. The number of nitrogens with zero attached hydrogens (tertiary/aromatic N) is 3. The van der Waals surface area contributed by atoms with Gasteiger partial charge in [0.25, 0.3) is 11.5 Å². The Bertz CT molecular complexity index is 1440. The fourth-order valence-electron chi connectivity index (χ4n) is 3.66. The minimum Gasteiger partial charge on any atom is -0.364 e. The van der Waals surface area contributed by atoms with Crippen molar-refractivity contribution in [2.75, 3.05) is 7.05 Å². The maximum absolute atomic E-state index is 14.3. The van der Waals surface area contributed by atoms with Crippen LogP contribution in [0.5, 0.6) is 0 Å². The minimum absolute atomic E-state index is 0.0660. The van der Waals surface area contributed by atoms with Gasteiger partial charge in [0.1, 0.15) is 16.5 Å². The van der Waals surface area contributed by atoms with Gasteiger partial charge in [0.2, 0.25) is 0 Å². The number of aromatic nitrogens is 3. The lowest BCUT2D eigenvalue weighted by Crippen LogP contribution is -2.29. The van der Waals surface area contributed by atoms with Gasteiger partial charge in [-0.3, -0.25) is 9.59 Å². The van der Waals surface area contributed by atoms with Crippen molar-refractivity contribution in [3.05, 3.63) is 97.7 Å². The number of halogens is 2. The molecule has 2 aromatic heterocycles. The number of nitrogens with two attached hydrogens (primary N) is 1. The Morgan fingerprint density at radius 1 is 1.26 bits per heavy atom. The smallest absolute Gasteiger partial charge is 0.271 e. The molecule has 34 heavy (non-hydrogen) atoms. The van der Waals surface area contributed by atoms with E-state index in [1.165, 1.54) is 35.6 Å². The van der Waals surface area contributed by atoms with Crippen molar-refractivity contribution in [1.82, 2.24) is 20.1 Å². The van der Waals surface area contributed by atoms with Gasteiger partial charge in [-0.2, -0.15) is 9.78 Å². The topological polar surface area (TPSA) is 103 Å². The SMILES string of the molecule is CNCc1ccc(Cl)cc1-c1cnc(C(C)c2cc(=O)n(-c3ccccc3F)nc2C(N)=O)s1. The lowest BCUT2D eigenvalue weighted by atomic mass is 10.0. The number of primary amides is 1. The van der Waals surface area contributed by atoms with Gasteiger partial charge in [-0.25, -0.2) is 9.37 Å². The second kappa shape index (κ2) is 9.84. The molecule has 174 valence electrons. The standard InChI is InChI=1S/C24H21ClFN5O2S/c1-13(24-29-12-20(34-24)17-9-15(25)8-7-14(17)11-28-2)16-10-21(32)31(30-22(16)23(27)33)19-6-4-3-5-18(19)26/h3-10,12-13,28H,11H2,1-2H3,(H2,27,33). The zero-order valence-corrected chi connectivity index (χ0v) is 20.0. The van der Waals surface area contributed by atoms with Crippen LogP contribution in [0.15, 0.2) is 59.5 Å². The van der Waals surface area contributed by atoms with Crippen LogP contribution < -0.4 is 16.6 Å². The van der Waals surface area contributed by atoms with Crippen molar-refractivity contribution < 1.29 is 9.18 Å². The Labute approximate surface area is 204 Å². The summed E-state index contributed by atoms with van der Waals surface area (Å²) in [5.41, 5.74) is 7.14. The highest BCUT2D eigenvalue weighted by atomic mass is 35.5. The Balaban J connectivity index is 1.77. The molecule has 1 atom stereocenters. The molecule has 0 aliphatic rings. The van der Waals surface area contributed by atoms with E-state index in [1.54, 1.807) is 12.3 Å². The summed E-state index contributed by atoms with van der Waals surface area (Å²) in [6.07, 6.45) is 1.74. The van der Waals surface area contributed by atoms with E-state index in [0.29, 0.717) is 22.1 Å².